The van der Waals surface area contributed by atoms with Gasteiger partial charge in [0.15, 0.2) is 0 Å². The molecule has 0 N–H and O–H groups in total. The minimum atomic E-state index is 0.363. The van der Waals surface area contributed by atoms with E-state index in [1.165, 1.54) is 5.56 Å². The maximum absolute atomic E-state index is 11.7. The van der Waals surface area contributed by atoms with Gasteiger partial charge in [0.05, 0.1) is 0 Å². The van der Waals surface area contributed by atoms with Gasteiger partial charge in [0.25, 0.3) is 0 Å². The number of rotatable bonds is 2. The Hall–Kier alpha value is -1.35. The average molecular weight is 244 g/mol. The minimum absolute atomic E-state index is 0.363. The number of benzene rings is 1. The minimum Gasteiger partial charge on any atom is -0.338 e. The van der Waals surface area contributed by atoms with Gasteiger partial charge in [-0.3, -0.25) is 9.69 Å². The van der Waals surface area contributed by atoms with Gasteiger partial charge in [0.1, 0.15) is 0 Å². The first-order valence-corrected chi connectivity index (χ1v) is 6.89. The fraction of sp³-hybridized carbons (Fsp3) is 0.533. The third kappa shape index (κ3) is 2.41. The third-order valence-electron chi connectivity index (χ3n) is 4.04. The van der Waals surface area contributed by atoms with Gasteiger partial charge in [0.2, 0.25) is 5.91 Å². The van der Waals surface area contributed by atoms with E-state index >= 15 is 0 Å². The molecule has 0 radical (unpaired) electrons. The van der Waals surface area contributed by atoms with E-state index in [0.717, 1.165) is 45.4 Å². The number of hydrogen-bond donors (Lipinski definition) is 0. The second-order valence-corrected chi connectivity index (χ2v) is 5.35. The number of nitrogens with zero attached hydrogens (tertiary/aromatic N) is 2. The fourth-order valence-electron chi connectivity index (χ4n) is 3.13. The molecule has 2 aliphatic heterocycles. The van der Waals surface area contributed by atoms with Crippen LogP contribution in [-0.4, -0.2) is 41.4 Å². The van der Waals surface area contributed by atoms with Gasteiger partial charge >= 0.3 is 0 Å². The van der Waals surface area contributed by atoms with Crippen LogP contribution in [-0.2, 0) is 11.3 Å². The maximum Gasteiger partial charge on any atom is 0.222 e. The van der Waals surface area contributed by atoms with Crippen LogP contribution in [0.5, 0.6) is 0 Å². The standard InChI is InChI=1S/C15H20N2O/c18-15-8-7-14-12-16(9-4-10-17(14)15)11-13-5-2-1-3-6-13/h1-3,5-6,14H,4,7-12H2/t14-/m0/s1. The van der Waals surface area contributed by atoms with Crippen molar-refractivity contribution in [2.75, 3.05) is 19.6 Å². The normalized spacial score (nSPS) is 25.0. The summed E-state index contributed by atoms with van der Waals surface area (Å²) in [5, 5.41) is 0. The highest BCUT2D eigenvalue weighted by Crippen LogP contribution is 2.23. The van der Waals surface area contributed by atoms with Crippen molar-refractivity contribution in [3.8, 4) is 0 Å². The Balaban J connectivity index is 1.66. The van der Waals surface area contributed by atoms with Crippen molar-refractivity contribution in [3.63, 3.8) is 0 Å². The monoisotopic (exact) mass is 244 g/mol. The summed E-state index contributed by atoms with van der Waals surface area (Å²) in [5.74, 6) is 0.363. The van der Waals surface area contributed by atoms with Gasteiger partial charge in [-0.05, 0) is 18.4 Å². The van der Waals surface area contributed by atoms with Crippen molar-refractivity contribution >= 4 is 5.91 Å². The molecule has 0 bridgehead atoms. The second kappa shape index (κ2) is 5.11. The molecule has 2 aliphatic rings. The Bertz CT molecular complexity index is 418. The molecule has 0 saturated carbocycles. The summed E-state index contributed by atoms with van der Waals surface area (Å²) in [4.78, 5) is 16.3. The van der Waals surface area contributed by atoms with Crippen molar-refractivity contribution in [2.45, 2.75) is 31.8 Å². The van der Waals surface area contributed by atoms with Crippen LogP contribution in [0.4, 0.5) is 0 Å². The van der Waals surface area contributed by atoms with Gasteiger partial charge in [-0.15, -0.1) is 0 Å². The highest BCUT2D eigenvalue weighted by Gasteiger charge is 2.33. The van der Waals surface area contributed by atoms with E-state index in [2.05, 4.69) is 40.1 Å². The Kier molecular flexibility index (Phi) is 3.33. The quantitative estimate of drug-likeness (QED) is 0.793. The topological polar surface area (TPSA) is 23.6 Å². The van der Waals surface area contributed by atoms with E-state index in [1.54, 1.807) is 0 Å². The lowest BCUT2D eigenvalue weighted by molar-refractivity contribution is -0.128. The predicted molar refractivity (Wildman–Crippen MR) is 71.1 cm³/mol. The molecule has 18 heavy (non-hydrogen) atoms. The van der Waals surface area contributed by atoms with E-state index in [1.807, 2.05) is 0 Å². The molecule has 0 unspecified atom stereocenters. The molecule has 3 nitrogen and oxygen atoms in total. The SMILES string of the molecule is O=C1CC[C@H]2CN(Cc3ccccc3)CCCN12. The molecule has 2 fully saturated rings. The summed E-state index contributed by atoms with van der Waals surface area (Å²) >= 11 is 0. The van der Waals surface area contributed by atoms with E-state index in [0.29, 0.717) is 11.9 Å². The molecule has 1 aromatic carbocycles. The van der Waals surface area contributed by atoms with E-state index < -0.39 is 0 Å². The molecule has 2 heterocycles. The van der Waals surface area contributed by atoms with Crippen LogP contribution in [0, 0.1) is 0 Å². The van der Waals surface area contributed by atoms with Crippen molar-refractivity contribution < 1.29 is 4.79 Å². The van der Waals surface area contributed by atoms with E-state index in [9.17, 15) is 4.79 Å². The van der Waals surface area contributed by atoms with Crippen LogP contribution < -0.4 is 0 Å². The highest BCUT2D eigenvalue weighted by molar-refractivity contribution is 5.78. The van der Waals surface area contributed by atoms with Crippen molar-refractivity contribution in [3.05, 3.63) is 35.9 Å². The van der Waals surface area contributed by atoms with Gasteiger partial charge in [0, 0.05) is 38.6 Å². The molecule has 2 saturated heterocycles. The molecular formula is C15H20N2O. The zero-order valence-electron chi connectivity index (χ0n) is 10.7. The third-order valence-corrected chi connectivity index (χ3v) is 4.04. The smallest absolute Gasteiger partial charge is 0.222 e. The molecule has 0 aliphatic carbocycles. The molecule has 1 atom stereocenters. The molecule has 0 spiro atoms. The summed E-state index contributed by atoms with van der Waals surface area (Å²) in [6, 6.07) is 11.1. The molecule has 1 aromatic rings. The van der Waals surface area contributed by atoms with Crippen molar-refractivity contribution in [1.82, 2.24) is 9.80 Å². The number of amides is 1. The first-order valence-electron chi connectivity index (χ1n) is 6.89. The summed E-state index contributed by atoms with van der Waals surface area (Å²) in [7, 11) is 0. The summed E-state index contributed by atoms with van der Waals surface area (Å²) < 4.78 is 0. The second-order valence-electron chi connectivity index (χ2n) is 5.35. The van der Waals surface area contributed by atoms with Gasteiger partial charge < -0.3 is 4.90 Å². The van der Waals surface area contributed by atoms with E-state index in [4.69, 9.17) is 0 Å². The maximum atomic E-state index is 11.7. The Labute approximate surface area is 108 Å². The fourth-order valence-corrected chi connectivity index (χ4v) is 3.13. The lowest BCUT2D eigenvalue weighted by Crippen LogP contribution is -2.38. The molecule has 3 heteroatoms. The molecule has 96 valence electrons. The van der Waals surface area contributed by atoms with Crippen LogP contribution >= 0.6 is 0 Å². The van der Waals surface area contributed by atoms with Gasteiger partial charge in [-0.1, -0.05) is 30.3 Å². The molecule has 3 rings (SSSR count). The van der Waals surface area contributed by atoms with Crippen molar-refractivity contribution in [1.29, 1.82) is 0 Å². The first-order chi connectivity index (χ1) is 8.83. The number of fused-ring (bicyclic) bond motifs is 1. The first kappa shape index (κ1) is 11.7. The Morgan fingerprint density at radius 1 is 1.17 bits per heavy atom. The highest BCUT2D eigenvalue weighted by atomic mass is 16.2. The van der Waals surface area contributed by atoms with Crippen LogP contribution in [0.2, 0.25) is 0 Å². The van der Waals surface area contributed by atoms with Crippen molar-refractivity contribution in [2.24, 2.45) is 0 Å². The predicted octanol–water partition coefficient (Wildman–Crippen LogP) is 1.88. The average Bonchev–Trinajstić information content (AvgIpc) is 2.62. The number of carbonyl (C=O) groups excluding carboxylic acids is 1. The van der Waals surface area contributed by atoms with E-state index in [-0.39, 0.29) is 0 Å². The summed E-state index contributed by atoms with van der Waals surface area (Å²) in [6.45, 7) is 4.12. The van der Waals surface area contributed by atoms with Crippen LogP contribution in [0.15, 0.2) is 30.3 Å². The lowest BCUT2D eigenvalue weighted by Gasteiger charge is -2.25. The van der Waals surface area contributed by atoms with Gasteiger partial charge in [-0.25, -0.2) is 0 Å². The summed E-state index contributed by atoms with van der Waals surface area (Å²) in [5.41, 5.74) is 1.37. The van der Waals surface area contributed by atoms with Gasteiger partial charge in [-0.2, -0.15) is 0 Å². The van der Waals surface area contributed by atoms with Crippen LogP contribution in [0.25, 0.3) is 0 Å². The Morgan fingerprint density at radius 3 is 2.83 bits per heavy atom. The zero-order valence-corrected chi connectivity index (χ0v) is 10.7. The van der Waals surface area contributed by atoms with Crippen LogP contribution in [0.3, 0.4) is 0 Å². The lowest BCUT2D eigenvalue weighted by atomic mass is 10.1. The largest absolute Gasteiger partial charge is 0.338 e. The molecule has 0 aromatic heterocycles. The zero-order chi connectivity index (χ0) is 12.4. The number of hydrogen-bond acceptors (Lipinski definition) is 2. The van der Waals surface area contributed by atoms with Crippen LogP contribution in [0.1, 0.15) is 24.8 Å². The molecule has 1 amide bonds. The summed E-state index contributed by atoms with van der Waals surface area (Å²) in [6.07, 6.45) is 2.91. The molecular weight excluding hydrogens is 224 g/mol. The Morgan fingerprint density at radius 2 is 2.00 bits per heavy atom. The number of carbonyl (C=O) groups is 1.